The van der Waals surface area contributed by atoms with Crippen molar-refractivity contribution in [3.05, 3.63) is 70.8 Å². The number of carbonyl (C=O) groups excluding carboxylic acids is 2. The number of unbranched alkanes of at least 4 members (excludes halogenated alkanes) is 2. The summed E-state index contributed by atoms with van der Waals surface area (Å²) in [7, 11) is 0. The van der Waals surface area contributed by atoms with E-state index in [0.717, 1.165) is 38.5 Å². The standard InChI is InChI=1S/C25H32O4/c1-3-5-8-20-10-14-22(15-11-20)24(26)28-18-7-19-29-25(27)23-16-12-21(13-17-23)9-6-4-2/h10-17H,3-9,18-19H2,1-2H3. The average Bonchev–Trinajstić information content (AvgIpc) is 2.76. The molecule has 0 unspecified atom stereocenters. The van der Waals surface area contributed by atoms with Crippen molar-refractivity contribution in [2.75, 3.05) is 13.2 Å². The van der Waals surface area contributed by atoms with Crippen LogP contribution in [0.15, 0.2) is 48.5 Å². The van der Waals surface area contributed by atoms with Gasteiger partial charge in [0.2, 0.25) is 0 Å². The molecule has 2 aromatic rings. The first-order valence-electron chi connectivity index (χ1n) is 10.7. The molecule has 2 aromatic carbocycles. The zero-order valence-electron chi connectivity index (χ0n) is 17.6. The van der Waals surface area contributed by atoms with Crippen LogP contribution in [0.2, 0.25) is 0 Å². The number of esters is 2. The molecule has 0 atom stereocenters. The Morgan fingerprint density at radius 2 is 1.00 bits per heavy atom. The summed E-state index contributed by atoms with van der Waals surface area (Å²) in [5.74, 6) is -0.693. The Kier molecular flexibility index (Phi) is 9.98. The number of benzene rings is 2. The van der Waals surface area contributed by atoms with Crippen LogP contribution >= 0.6 is 0 Å². The first kappa shape index (κ1) is 22.7. The van der Waals surface area contributed by atoms with Gasteiger partial charge in [0.15, 0.2) is 0 Å². The summed E-state index contributed by atoms with van der Waals surface area (Å²) < 4.78 is 10.5. The number of carbonyl (C=O) groups is 2. The summed E-state index contributed by atoms with van der Waals surface area (Å²) in [6, 6.07) is 15.1. The highest BCUT2D eigenvalue weighted by Gasteiger charge is 2.09. The topological polar surface area (TPSA) is 52.6 Å². The zero-order chi connectivity index (χ0) is 20.9. The van der Waals surface area contributed by atoms with Crippen molar-refractivity contribution in [2.24, 2.45) is 0 Å². The Labute approximate surface area is 174 Å². The van der Waals surface area contributed by atoms with Crippen LogP contribution in [0.25, 0.3) is 0 Å². The Balaban J connectivity index is 1.65. The smallest absolute Gasteiger partial charge is 0.338 e. The van der Waals surface area contributed by atoms with Crippen molar-refractivity contribution in [3.8, 4) is 0 Å². The number of ether oxygens (including phenoxy) is 2. The summed E-state index contributed by atoms with van der Waals surface area (Å²) in [5.41, 5.74) is 3.55. The number of aryl methyl sites for hydroxylation is 2. The van der Waals surface area contributed by atoms with Crippen LogP contribution in [0.5, 0.6) is 0 Å². The van der Waals surface area contributed by atoms with Crippen LogP contribution < -0.4 is 0 Å². The third-order valence-electron chi connectivity index (χ3n) is 4.77. The fraction of sp³-hybridized carbons (Fsp3) is 0.440. The maximum Gasteiger partial charge on any atom is 0.338 e. The van der Waals surface area contributed by atoms with E-state index >= 15 is 0 Å². The van der Waals surface area contributed by atoms with Gasteiger partial charge >= 0.3 is 11.9 Å². The number of rotatable bonds is 12. The van der Waals surface area contributed by atoms with Crippen LogP contribution in [0.4, 0.5) is 0 Å². The van der Waals surface area contributed by atoms with E-state index < -0.39 is 0 Å². The summed E-state index contributed by atoms with van der Waals surface area (Å²) >= 11 is 0. The lowest BCUT2D eigenvalue weighted by molar-refractivity contribution is 0.0396. The zero-order valence-corrected chi connectivity index (χ0v) is 17.6. The Morgan fingerprint density at radius 1 is 0.621 bits per heavy atom. The highest BCUT2D eigenvalue weighted by atomic mass is 16.5. The SMILES string of the molecule is CCCCc1ccc(C(=O)OCCCOC(=O)c2ccc(CCCC)cc2)cc1. The molecule has 0 bridgehead atoms. The minimum Gasteiger partial charge on any atom is -0.462 e. The lowest BCUT2D eigenvalue weighted by Crippen LogP contribution is -2.11. The second-order valence-corrected chi connectivity index (χ2v) is 7.23. The summed E-state index contributed by atoms with van der Waals surface area (Å²) in [6.45, 7) is 4.76. The van der Waals surface area contributed by atoms with E-state index in [-0.39, 0.29) is 25.2 Å². The van der Waals surface area contributed by atoms with E-state index in [2.05, 4.69) is 13.8 Å². The van der Waals surface area contributed by atoms with E-state index in [1.807, 2.05) is 24.3 Å². The van der Waals surface area contributed by atoms with E-state index in [1.54, 1.807) is 24.3 Å². The molecule has 0 saturated heterocycles. The molecule has 156 valence electrons. The molecule has 0 aromatic heterocycles. The third kappa shape index (κ3) is 8.10. The third-order valence-corrected chi connectivity index (χ3v) is 4.77. The van der Waals surface area contributed by atoms with Gasteiger partial charge < -0.3 is 9.47 Å². The average molecular weight is 397 g/mol. The van der Waals surface area contributed by atoms with Gasteiger partial charge in [0.1, 0.15) is 0 Å². The van der Waals surface area contributed by atoms with Crippen LogP contribution in [0, 0.1) is 0 Å². The molecule has 4 nitrogen and oxygen atoms in total. The normalized spacial score (nSPS) is 10.6. The maximum absolute atomic E-state index is 12.1. The molecule has 0 spiro atoms. The van der Waals surface area contributed by atoms with Crippen molar-refractivity contribution in [2.45, 2.75) is 58.8 Å². The Bertz CT molecular complexity index is 682. The molecule has 0 saturated carbocycles. The van der Waals surface area contributed by atoms with Gasteiger partial charge in [0.05, 0.1) is 24.3 Å². The summed E-state index contributed by atoms with van der Waals surface area (Å²) in [4.78, 5) is 24.1. The van der Waals surface area contributed by atoms with Crippen molar-refractivity contribution < 1.29 is 19.1 Å². The molecule has 4 heteroatoms. The maximum atomic E-state index is 12.1. The molecule has 0 radical (unpaired) electrons. The first-order valence-corrected chi connectivity index (χ1v) is 10.7. The van der Waals surface area contributed by atoms with Crippen LogP contribution in [0.1, 0.15) is 77.8 Å². The van der Waals surface area contributed by atoms with Gasteiger partial charge in [-0.2, -0.15) is 0 Å². The second kappa shape index (κ2) is 12.8. The molecule has 0 aliphatic heterocycles. The summed E-state index contributed by atoms with van der Waals surface area (Å²) in [5, 5.41) is 0. The van der Waals surface area contributed by atoms with Gasteiger partial charge in [-0.25, -0.2) is 9.59 Å². The lowest BCUT2D eigenvalue weighted by atomic mass is 10.1. The Hall–Kier alpha value is -2.62. The molecule has 0 heterocycles. The number of hydrogen-bond donors (Lipinski definition) is 0. The largest absolute Gasteiger partial charge is 0.462 e. The predicted molar refractivity (Wildman–Crippen MR) is 115 cm³/mol. The van der Waals surface area contributed by atoms with Crippen LogP contribution in [-0.2, 0) is 22.3 Å². The van der Waals surface area contributed by atoms with Crippen LogP contribution in [-0.4, -0.2) is 25.2 Å². The predicted octanol–water partition coefficient (Wildman–Crippen LogP) is 5.78. The molecule has 0 N–H and O–H groups in total. The van der Waals surface area contributed by atoms with Gasteiger partial charge in [-0.3, -0.25) is 0 Å². The molecule has 0 aliphatic rings. The monoisotopic (exact) mass is 396 g/mol. The highest BCUT2D eigenvalue weighted by Crippen LogP contribution is 2.11. The molecule has 0 aliphatic carbocycles. The summed E-state index contributed by atoms with van der Waals surface area (Å²) in [6.07, 6.45) is 7.12. The minimum atomic E-state index is -0.346. The molecule has 29 heavy (non-hydrogen) atoms. The van der Waals surface area contributed by atoms with Gasteiger partial charge in [-0.1, -0.05) is 51.0 Å². The van der Waals surface area contributed by atoms with Crippen molar-refractivity contribution in [1.82, 2.24) is 0 Å². The van der Waals surface area contributed by atoms with Gasteiger partial charge in [0, 0.05) is 6.42 Å². The minimum absolute atomic E-state index is 0.222. The van der Waals surface area contributed by atoms with Crippen LogP contribution in [0.3, 0.4) is 0 Å². The van der Waals surface area contributed by atoms with Crippen molar-refractivity contribution in [1.29, 1.82) is 0 Å². The second-order valence-electron chi connectivity index (χ2n) is 7.23. The van der Waals surface area contributed by atoms with E-state index in [4.69, 9.17) is 9.47 Å². The molecular weight excluding hydrogens is 364 g/mol. The van der Waals surface area contributed by atoms with E-state index in [1.165, 1.54) is 11.1 Å². The fourth-order valence-electron chi connectivity index (χ4n) is 2.93. The Morgan fingerprint density at radius 3 is 1.34 bits per heavy atom. The van der Waals surface area contributed by atoms with Gasteiger partial charge in [-0.15, -0.1) is 0 Å². The highest BCUT2D eigenvalue weighted by molar-refractivity contribution is 5.90. The lowest BCUT2D eigenvalue weighted by Gasteiger charge is -2.07. The molecule has 2 rings (SSSR count). The number of hydrogen-bond acceptors (Lipinski definition) is 4. The van der Waals surface area contributed by atoms with Gasteiger partial charge in [-0.05, 0) is 61.1 Å². The first-order chi connectivity index (χ1) is 14.1. The van der Waals surface area contributed by atoms with Crippen molar-refractivity contribution >= 4 is 11.9 Å². The van der Waals surface area contributed by atoms with Gasteiger partial charge in [0.25, 0.3) is 0 Å². The molecular formula is C25H32O4. The fourth-order valence-corrected chi connectivity index (χ4v) is 2.93. The van der Waals surface area contributed by atoms with E-state index in [0.29, 0.717) is 17.5 Å². The molecule has 0 amide bonds. The quantitative estimate of drug-likeness (QED) is 0.337. The molecule has 0 fully saturated rings. The van der Waals surface area contributed by atoms with Crippen molar-refractivity contribution in [3.63, 3.8) is 0 Å². The van der Waals surface area contributed by atoms with E-state index in [9.17, 15) is 9.59 Å².